The van der Waals surface area contributed by atoms with Gasteiger partial charge < -0.3 is 10.4 Å². The second-order valence-corrected chi connectivity index (χ2v) is 3.94. The zero-order valence-electron chi connectivity index (χ0n) is 10.1. The first kappa shape index (κ1) is 12.2. The van der Waals surface area contributed by atoms with E-state index in [0.717, 1.165) is 17.7 Å². The maximum atomic E-state index is 9.15. The van der Waals surface area contributed by atoms with Crippen molar-refractivity contribution in [1.82, 2.24) is 5.32 Å². The van der Waals surface area contributed by atoms with Gasteiger partial charge in [0.2, 0.25) is 0 Å². The summed E-state index contributed by atoms with van der Waals surface area (Å²) in [5.74, 6) is 6.45. The standard InChI is InChI=1S/C16H15NO/c18-16-10-8-15(9-11-16)13-17-12-4-7-14-5-2-1-3-6-14/h1-3,5-6,8-11,17-18H,12-13H2. The SMILES string of the molecule is Oc1ccc(CNCC#Cc2ccccc2)cc1. The van der Waals surface area contributed by atoms with Crippen LogP contribution in [-0.4, -0.2) is 11.7 Å². The minimum absolute atomic E-state index is 0.294. The average molecular weight is 237 g/mol. The van der Waals surface area contributed by atoms with Gasteiger partial charge in [-0.15, -0.1) is 0 Å². The number of hydrogen-bond donors (Lipinski definition) is 2. The fraction of sp³-hybridized carbons (Fsp3) is 0.125. The molecule has 0 bridgehead atoms. The maximum absolute atomic E-state index is 9.15. The van der Waals surface area contributed by atoms with Crippen LogP contribution in [0.3, 0.4) is 0 Å². The molecule has 0 aliphatic rings. The van der Waals surface area contributed by atoms with Gasteiger partial charge in [0.15, 0.2) is 0 Å². The number of phenolic OH excluding ortho intramolecular Hbond substituents is 1. The smallest absolute Gasteiger partial charge is 0.115 e. The summed E-state index contributed by atoms with van der Waals surface area (Å²) in [4.78, 5) is 0. The molecule has 0 amide bonds. The largest absolute Gasteiger partial charge is 0.508 e. The molecule has 2 aromatic carbocycles. The highest BCUT2D eigenvalue weighted by atomic mass is 16.3. The molecule has 0 radical (unpaired) electrons. The lowest BCUT2D eigenvalue weighted by Crippen LogP contribution is -2.12. The van der Waals surface area contributed by atoms with Crippen molar-refractivity contribution in [3.05, 3.63) is 65.7 Å². The van der Waals surface area contributed by atoms with E-state index in [0.29, 0.717) is 12.3 Å². The second kappa shape index (κ2) is 6.48. The van der Waals surface area contributed by atoms with Gasteiger partial charge in [-0.05, 0) is 29.8 Å². The molecular formula is C16H15NO. The van der Waals surface area contributed by atoms with Crippen LogP contribution in [0.2, 0.25) is 0 Å². The Morgan fingerprint density at radius 2 is 1.67 bits per heavy atom. The molecule has 0 heterocycles. The third-order valence-corrected chi connectivity index (χ3v) is 2.49. The molecular weight excluding hydrogens is 222 g/mol. The Bertz CT molecular complexity index is 535. The average Bonchev–Trinajstić information content (AvgIpc) is 2.42. The Morgan fingerprint density at radius 1 is 0.944 bits per heavy atom. The van der Waals surface area contributed by atoms with Crippen molar-refractivity contribution >= 4 is 0 Å². The van der Waals surface area contributed by atoms with E-state index in [1.165, 1.54) is 0 Å². The van der Waals surface area contributed by atoms with Crippen molar-refractivity contribution < 1.29 is 5.11 Å². The first-order valence-corrected chi connectivity index (χ1v) is 5.87. The summed E-state index contributed by atoms with van der Waals surface area (Å²) >= 11 is 0. The highest BCUT2D eigenvalue weighted by molar-refractivity contribution is 5.33. The Labute approximate surface area is 107 Å². The molecule has 2 rings (SSSR count). The quantitative estimate of drug-likeness (QED) is 0.635. The molecule has 18 heavy (non-hydrogen) atoms. The molecule has 0 aromatic heterocycles. The Morgan fingerprint density at radius 3 is 2.39 bits per heavy atom. The lowest BCUT2D eigenvalue weighted by molar-refractivity contribution is 0.475. The molecule has 0 spiro atoms. The van der Waals surface area contributed by atoms with Crippen molar-refractivity contribution in [2.24, 2.45) is 0 Å². The first-order valence-electron chi connectivity index (χ1n) is 5.87. The lowest BCUT2D eigenvalue weighted by atomic mass is 10.2. The number of rotatable bonds is 3. The third-order valence-electron chi connectivity index (χ3n) is 2.49. The van der Waals surface area contributed by atoms with Crippen LogP contribution in [0.4, 0.5) is 0 Å². The summed E-state index contributed by atoms with van der Waals surface area (Å²) in [6.45, 7) is 1.40. The molecule has 0 aliphatic carbocycles. The van der Waals surface area contributed by atoms with Gasteiger partial charge in [0.05, 0.1) is 6.54 Å². The van der Waals surface area contributed by atoms with E-state index in [9.17, 15) is 0 Å². The number of phenols is 1. The molecule has 0 unspecified atom stereocenters. The molecule has 0 fully saturated rings. The summed E-state index contributed by atoms with van der Waals surface area (Å²) < 4.78 is 0. The van der Waals surface area contributed by atoms with Gasteiger partial charge in [0, 0.05) is 12.1 Å². The molecule has 90 valence electrons. The van der Waals surface area contributed by atoms with Crippen LogP contribution in [0.1, 0.15) is 11.1 Å². The van der Waals surface area contributed by atoms with Crippen LogP contribution in [0, 0.1) is 11.8 Å². The van der Waals surface area contributed by atoms with Crippen molar-refractivity contribution in [2.75, 3.05) is 6.54 Å². The Kier molecular flexibility index (Phi) is 4.40. The van der Waals surface area contributed by atoms with Crippen molar-refractivity contribution in [2.45, 2.75) is 6.54 Å². The van der Waals surface area contributed by atoms with Gasteiger partial charge in [-0.2, -0.15) is 0 Å². The Balaban J connectivity index is 1.77. The monoisotopic (exact) mass is 237 g/mol. The number of hydrogen-bond acceptors (Lipinski definition) is 2. The lowest BCUT2D eigenvalue weighted by Gasteiger charge is -2.00. The van der Waals surface area contributed by atoms with Crippen molar-refractivity contribution in [1.29, 1.82) is 0 Å². The van der Waals surface area contributed by atoms with Crippen LogP contribution < -0.4 is 5.32 Å². The van der Waals surface area contributed by atoms with Crippen LogP contribution in [0.15, 0.2) is 54.6 Å². The van der Waals surface area contributed by atoms with E-state index in [1.807, 2.05) is 42.5 Å². The molecule has 2 N–H and O–H groups in total. The van der Waals surface area contributed by atoms with Crippen LogP contribution >= 0.6 is 0 Å². The highest BCUT2D eigenvalue weighted by Crippen LogP contribution is 2.08. The third kappa shape index (κ3) is 3.97. The van der Waals surface area contributed by atoms with Crippen LogP contribution in [0.5, 0.6) is 5.75 Å². The van der Waals surface area contributed by atoms with Crippen molar-refractivity contribution in [3.63, 3.8) is 0 Å². The van der Waals surface area contributed by atoms with Gasteiger partial charge in [0.1, 0.15) is 5.75 Å². The predicted molar refractivity (Wildman–Crippen MR) is 73.1 cm³/mol. The van der Waals surface area contributed by atoms with E-state index in [4.69, 9.17) is 5.11 Å². The van der Waals surface area contributed by atoms with Crippen LogP contribution in [0.25, 0.3) is 0 Å². The van der Waals surface area contributed by atoms with E-state index in [2.05, 4.69) is 17.2 Å². The summed E-state index contributed by atoms with van der Waals surface area (Å²) in [6, 6.07) is 17.1. The number of aromatic hydroxyl groups is 1. The fourth-order valence-electron chi connectivity index (χ4n) is 1.55. The van der Waals surface area contributed by atoms with Gasteiger partial charge >= 0.3 is 0 Å². The zero-order valence-corrected chi connectivity index (χ0v) is 10.1. The summed E-state index contributed by atoms with van der Waals surface area (Å²) in [7, 11) is 0. The van der Waals surface area contributed by atoms with Gasteiger partial charge in [-0.25, -0.2) is 0 Å². The van der Waals surface area contributed by atoms with Gasteiger partial charge in [-0.1, -0.05) is 42.2 Å². The number of benzene rings is 2. The molecule has 2 nitrogen and oxygen atoms in total. The highest BCUT2D eigenvalue weighted by Gasteiger charge is 1.91. The fourth-order valence-corrected chi connectivity index (χ4v) is 1.55. The molecule has 2 heteroatoms. The van der Waals surface area contributed by atoms with E-state index in [1.54, 1.807) is 12.1 Å². The maximum Gasteiger partial charge on any atom is 0.115 e. The van der Waals surface area contributed by atoms with E-state index >= 15 is 0 Å². The van der Waals surface area contributed by atoms with E-state index < -0.39 is 0 Å². The number of nitrogens with one attached hydrogen (secondary N) is 1. The minimum Gasteiger partial charge on any atom is -0.508 e. The minimum atomic E-state index is 0.294. The molecule has 0 atom stereocenters. The Hall–Kier alpha value is -2.24. The zero-order chi connectivity index (χ0) is 12.6. The van der Waals surface area contributed by atoms with E-state index in [-0.39, 0.29) is 0 Å². The molecule has 2 aromatic rings. The predicted octanol–water partition coefficient (Wildman–Crippen LogP) is 2.53. The van der Waals surface area contributed by atoms with Gasteiger partial charge in [-0.3, -0.25) is 0 Å². The first-order chi connectivity index (χ1) is 8.84. The van der Waals surface area contributed by atoms with Gasteiger partial charge in [0.25, 0.3) is 0 Å². The summed E-state index contributed by atoms with van der Waals surface area (Å²) in [6.07, 6.45) is 0. The summed E-state index contributed by atoms with van der Waals surface area (Å²) in [5, 5.41) is 12.4. The van der Waals surface area contributed by atoms with Crippen molar-refractivity contribution in [3.8, 4) is 17.6 Å². The normalized spacial score (nSPS) is 9.56. The molecule has 0 saturated carbocycles. The molecule has 0 aliphatic heterocycles. The second-order valence-electron chi connectivity index (χ2n) is 3.94. The summed E-state index contributed by atoms with van der Waals surface area (Å²) in [5.41, 5.74) is 2.17. The topological polar surface area (TPSA) is 32.3 Å². The van der Waals surface area contributed by atoms with Crippen LogP contribution in [-0.2, 0) is 6.54 Å². The molecule has 0 saturated heterocycles.